The van der Waals surface area contributed by atoms with Crippen LogP contribution in [0.2, 0.25) is 0 Å². The first-order valence-corrected chi connectivity index (χ1v) is 8.83. The van der Waals surface area contributed by atoms with Crippen molar-refractivity contribution in [2.45, 2.75) is 0 Å². The van der Waals surface area contributed by atoms with Crippen molar-refractivity contribution < 1.29 is 4.92 Å². The highest BCUT2D eigenvalue weighted by molar-refractivity contribution is 14.1. The molecule has 3 rings (SSSR count). The average molecular weight is 450 g/mol. The third kappa shape index (κ3) is 4.15. The number of anilines is 1. The van der Waals surface area contributed by atoms with Gasteiger partial charge >= 0.3 is 0 Å². The molecule has 0 fully saturated rings. The lowest BCUT2D eigenvalue weighted by Crippen LogP contribution is -1.94. The highest BCUT2D eigenvalue weighted by Gasteiger charge is 2.07. The molecule has 8 heteroatoms. The van der Waals surface area contributed by atoms with Crippen LogP contribution in [0.4, 0.5) is 10.8 Å². The van der Waals surface area contributed by atoms with E-state index in [2.05, 4.69) is 15.5 Å². The van der Waals surface area contributed by atoms with Crippen LogP contribution in [0, 0.1) is 13.7 Å². The van der Waals surface area contributed by atoms with E-state index >= 15 is 0 Å². The number of hydrazone groups is 1. The summed E-state index contributed by atoms with van der Waals surface area (Å²) in [5.41, 5.74) is 5.47. The van der Waals surface area contributed by atoms with Crippen molar-refractivity contribution in [1.82, 2.24) is 4.98 Å². The Bertz CT molecular complexity index is 896. The number of benzene rings is 2. The number of nitrogens with one attached hydrogen (secondary N) is 1. The molecule has 120 valence electrons. The van der Waals surface area contributed by atoms with Crippen molar-refractivity contribution in [3.05, 3.63) is 73.2 Å². The fraction of sp³-hybridized carbons (Fsp3) is 0. The average Bonchev–Trinajstić information content (AvgIpc) is 3.04. The molecule has 24 heavy (non-hydrogen) atoms. The van der Waals surface area contributed by atoms with Gasteiger partial charge in [0.1, 0.15) is 0 Å². The minimum absolute atomic E-state index is 0.0453. The summed E-state index contributed by atoms with van der Waals surface area (Å²) < 4.78 is 0.781. The first-order valence-electron chi connectivity index (χ1n) is 6.87. The SMILES string of the molecule is O=[N+]([O-])c1cc(I)cc(C=NNc2nc(-c3ccccc3)cs2)c1. The number of nitro groups is 1. The summed E-state index contributed by atoms with van der Waals surface area (Å²) in [6, 6.07) is 14.7. The van der Waals surface area contributed by atoms with Gasteiger partial charge in [-0.15, -0.1) is 11.3 Å². The van der Waals surface area contributed by atoms with Gasteiger partial charge in [0.2, 0.25) is 5.13 Å². The van der Waals surface area contributed by atoms with Gasteiger partial charge in [0.15, 0.2) is 0 Å². The summed E-state index contributed by atoms with van der Waals surface area (Å²) in [6.45, 7) is 0. The van der Waals surface area contributed by atoms with E-state index in [4.69, 9.17) is 0 Å². The summed E-state index contributed by atoms with van der Waals surface area (Å²) in [6.07, 6.45) is 1.54. The number of hydrogen-bond donors (Lipinski definition) is 1. The Morgan fingerprint density at radius 3 is 2.79 bits per heavy atom. The van der Waals surface area contributed by atoms with Gasteiger partial charge in [-0.05, 0) is 28.7 Å². The Morgan fingerprint density at radius 1 is 1.25 bits per heavy atom. The van der Waals surface area contributed by atoms with E-state index in [-0.39, 0.29) is 5.69 Å². The number of non-ortho nitro benzene ring substituents is 1. The minimum atomic E-state index is -0.417. The molecule has 0 unspecified atom stereocenters. The third-order valence-corrected chi connectivity index (χ3v) is 4.43. The number of rotatable bonds is 5. The Balaban J connectivity index is 1.71. The van der Waals surface area contributed by atoms with Gasteiger partial charge in [-0.3, -0.25) is 15.5 Å². The zero-order valence-electron chi connectivity index (χ0n) is 12.2. The first kappa shape index (κ1) is 16.5. The Labute approximate surface area is 155 Å². The van der Waals surface area contributed by atoms with E-state index in [1.165, 1.54) is 23.5 Å². The zero-order chi connectivity index (χ0) is 16.9. The van der Waals surface area contributed by atoms with Gasteiger partial charge < -0.3 is 0 Å². The van der Waals surface area contributed by atoms with Gasteiger partial charge in [0.05, 0.1) is 16.8 Å². The fourth-order valence-electron chi connectivity index (χ4n) is 2.00. The quantitative estimate of drug-likeness (QED) is 0.263. The van der Waals surface area contributed by atoms with Crippen LogP contribution in [0.5, 0.6) is 0 Å². The van der Waals surface area contributed by atoms with E-state index in [9.17, 15) is 10.1 Å². The second kappa shape index (κ2) is 7.49. The van der Waals surface area contributed by atoms with Gasteiger partial charge in [0.25, 0.3) is 5.69 Å². The van der Waals surface area contributed by atoms with Crippen molar-refractivity contribution in [1.29, 1.82) is 0 Å². The second-order valence-electron chi connectivity index (χ2n) is 4.77. The molecule has 3 aromatic rings. The highest BCUT2D eigenvalue weighted by atomic mass is 127. The monoisotopic (exact) mass is 450 g/mol. The Morgan fingerprint density at radius 2 is 2.04 bits per heavy atom. The smallest absolute Gasteiger partial charge is 0.258 e. The number of hydrogen-bond acceptors (Lipinski definition) is 6. The Kier molecular flexibility index (Phi) is 5.16. The number of halogens is 1. The summed E-state index contributed by atoms with van der Waals surface area (Å²) in [4.78, 5) is 14.9. The van der Waals surface area contributed by atoms with Crippen LogP contribution in [0.1, 0.15) is 5.56 Å². The van der Waals surface area contributed by atoms with Gasteiger partial charge in [0, 0.05) is 32.2 Å². The van der Waals surface area contributed by atoms with Crippen LogP contribution in [-0.4, -0.2) is 16.1 Å². The van der Waals surface area contributed by atoms with Gasteiger partial charge in [-0.1, -0.05) is 30.3 Å². The van der Waals surface area contributed by atoms with Crippen molar-refractivity contribution >= 4 is 51.0 Å². The number of thiazole rings is 1. The molecule has 0 spiro atoms. The lowest BCUT2D eigenvalue weighted by atomic mass is 10.2. The molecule has 0 aliphatic rings. The zero-order valence-corrected chi connectivity index (χ0v) is 15.2. The maximum Gasteiger partial charge on any atom is 0.271 e. The van der Waals surface area contributed by atoms with Crippen LogP contribution < -0.4 is 5.43 Å². The lowest BCUT2D eigenvalue weighted by Gasteiger charge is -1.97. The molecular weight excluding hydrogens is 439 g/mol. The van der Waals surface area contributed by atoms with Gasteiger partial charge in [-0.2, -0.15) is 5.10 Å². The van der Waals surface area contributed by atoms with Crippen LogP contribution in [0.25, 0.3) is 11.3 Å². The highest BCUT2D eigenvalue weighted by Crippen LogP contribution is 2.24. The molecule has 0 saturated heterocycles. The first-order chi connectivity index (χ1) is 11.6. The molecule has 2 aromatic carbocycles. The lowest BCUT2D eigenvalue weighted by molar-refractivity contribution is -0.384. The minimum Gasteiger partial charge on any atom is -0.258 e. The van der Waals surface area contributed by atoms with Crippen molar-refractivity contribution in [3.63, 3.8) is 0 Å². The topological polar surface area (TPSA) is 80.4 Å². The molecule has 1 N–H and O–H groups in total. The number of nitrogens with zero attached hydrogens (tertiary/aromatic N) is 3. The summed E-state index contributed by atoms with van der Waals surface area (Å²) in [5, 5.41) is 17.6. The predicted molar refractivity (Wildman–Crippen MR) is 105 cm³/mol. The standard InChI is InChI=1S/C16H11IN4O2S/c17-13-6-11(7-14(8-13)21(22)23)9-18-20-16-19-15(10-24-16)12-4-2-1-3-5-12/h1-10H,(H,19,20). The molecule has 0 radical (unpaired) electrons. The van der Waals surface area contributed by atoms with E-state index < -0.39 is 4.92 Å². The van der Waals surface area contributed by atoms with Crippen LogP contribution in [-0.2, 0) is 0 Å². The van der Waals surface area contributed by atoms with E-state index in [1.54, 1.807) is 6.21 Å². The molecule has 0 saturated carbocycles. The maximum absolute atomic E-state index is 10.9. The molecule has 0 atom stereocenters. The van der Waals surface area contributed by atoms with E-state index in [0.29, 0.717) is 10.7 Å². The molecule has 1 aromatic heterocycles. The molecule has 1 heterocycles. The third-order valence-electron chi connectivity index (χ3n) is 3.06. The van der Waals surface area contributed by atoms with E-state index in [1.807, 2.05) is 64.4 Å². The Hall–Kier alpha value is -2.33. The maximum atomic E-state index is 10.9. The number of aromatic nitrogens is 1. The summed E-state index contributed by atoms with van der Waals surface area (Å²) in [5.74, 6) is 0. The summed E-state index contributed by atoms with van der Waals surface area (Å²) in [7, 11) is 0. The largest absolute Gasteiger partial charge is 0.271 e. The molecule has 6 nitrogen and oxygen atoms in total. The van der Waals surface area contributed by atoms with Crippen LogP contribution in [0.3, 0.4) is 0 Å². The van der Waals surface area contributed by atoms with Crippen molar-refractivity contribution in [3.8, 4) is 11.3 Å². The summed E-state index contributed by atoms with van der Waals surface area (Å²) >= 11 is 3.49. The predicted octanol–water partition coefficient (Wildman–Crippen LogP) is 4.77. The van der Waals surface area contributed by atoms with E-state index in [0.717, 1.165) is 14.8 Å². The molecular formula is C16H11IN4O2S. The van der Waals surface area contributed by atoms with Crippen LogP contribution in [0.15, 0.2) is 59.0 Å². The van der Waals surface area contributed by atoms with Crippen LogP contribution >= 0.6 is 33.9 Å². The second-order valence-corrected chi connectivity index (χ2v) is 6.88. The number of nitro benzene ring substituents is 1. The van der Waals surface area contributed by atoms with Gasteiger partial charge in [-0.25, -0.2) is 4.98 Å². The fourth-order valence-corrected chi connectivity index (χ4v) is 3.35. The van der Waals surface area contributed by atoms with Crippen molar-refractivity contribution in [2.24, 2.45) is 5.10 Å². The molecule has 0 bridgehead atoms. The molecule has 0 aliphatic carbocycles. The van der Waals surface area contributed by atoms with Crippen molar-refractivity contribution in [2.75, 3.05) is 5.43 Å². The molecule has 0 amide bonds. The molecule has 0 aliphatic heterocycles. The normalized spacial score (nSPS) is 10.9.